The van der Waals surface area contributed by atoms with Crippen molar-refractivity contribution in [1.82, 2.24) is 14.9 Å². The van der Waals surface area contributed by atoms with Crippen LogP contribution >= 0.6 is 0 Å². The van der Waals surface area contributed by atoms with Crippen LogP contribution in [0.4, 0.5) is 18.9 Å². The quantitative estimate of drug-likeness (QED) is 0.587. The van der Waals surface area contributed by atoms with Crippen LogP contribution in [0.1, 0.15) is 60.1 Å². The second kappa shape index (κ2) is 8.11. The SMILES string of the molecule is CC(C)(C)C1CCc2onc(C(=O)Nc3cnn(Cc4cccc(C(F)(F)F)c4)c3)c2C1. The number of rotatable bonds is 4. The molecule has 0 fully saturated rings. The van der Waals surface area contributed by atoms with Gasteiger partial charge in [0.15, 0.2) is 5.69 Å². The van der Waals surface area contributed by atoms with Crippen LogP contribution in [-0.2, 0) is 25.6 Å². The van der Waals surface area contributed by atoms with Gasteiger partial charge in [-0.05, 0) is 41.9 Å². The first-order chi connectivity index (χ1) is 15.0. The Labute approximate surface area is 183 Å². The molecule has 2 aromatic heterocycles. The lowest BCUT2D eigenvalue weighted by atomic mass is 9.71. The third-order valence-corrected chi connectivity index (χ3v) is 5.97. The van der Waals surface area contributed by atoms with Crippen molar-refractivity contribution >= 4 is 11.6 Å². The number of nitrogens with zero attached hydrogens (tertiary/aromatic N) is 3. The lowest BCUT2D eigenvalue weighted by Crippen LogP contribution is -2.27. The smallest absolute Gasteiger partial charge is 0.360 e. The van der Waals surface area contributed by atoms with Gasteiger partial charge in [-0.3, -0.25) is 9.48 Å². The first kappa shape index (κ1) is 22.1. The third kappa shape index (κ3) is 4.71. The first-order valence-electron chi connectivity index (χ1n) is 10.5. The number of amides is 1. The van der Waals surface area contributed by atoms with Crippen molar-refractivity contribution in [2.75, 3.05) is 5.32 Å². The maximum atomic E-state index is 12.9. The van der Waals surface area contributed by atoms with Crippen LogP contribution in [0.3, 0.4) is 0 Å². The molecule has 1 aliphatic rings. The summed E-state index contributed by atoms with van der Waals surface area (Å²) < 4.78 is 45.6. The predicted octanol–water partition coefficient (Wildman–Crippen LogP) is 5.34. The van der Waals surface area contributed by atoms with E-state index in [1.165, 1.54) is 16.9 Å². The van der Waals surface area contributed by atoms with Crippen LogP contribution in [0.25, 0.3) is 0 Å². The number of aromatic nitrogens is 3. The summed E-state index contributed by atoms with van der Waals surface area (Å²) in [5, 5.41) is 10.9. The molecule has 9 heteroatoms. The van der Waals surface area contributed by atoms with Crippen molar-refractivity contribution in [3.8, 4) is 0 Å². The fraction of sp³-hybridized carbons (Fsp3) is 0.435. The lowest BCUT2D eigenvalue weighted by molar-refractivity contribution is -0.137. The fourth-order valence-electron chi connectivity index (χ4n) is 4.06. The summed E-state index contributed by atoms with van der Waals surface area (Å²) in [6, 6.07) is 5.08. The van der Waals surface area contributed by atoms with Crippen molar-refractivity contribution in [3.05, 3.63) is 64.8 Å². The zero-order valence-corrected chi connectivity index (χ0v) is 18.2. The second-order valence-electron chi connectivity index (χ2n) is 9.32. The van der Waals surface area contributed by atoms with Crippen molar-refractivity contribution < 1.29 is 22.5 Å². The van der Waals surface area contributed by atoms with E-state index in [0.29, 0.717) is 17.2 Å². The van der Waals surface area contributed by atoms with Crippen LogP contribution in [0.5, 0.6) is 0 Å². The van der Waals surface area contributed by atoms with E-state index in [0.717, 1.165) is 42.7 Å². The van der Waals surface area contributed by atoms with Gasteiger partial charge in [0.2, 0.25) is 0 Å². The van der Waals surface area contributed by atoms with Gasteiger partial charge in [-0.25, -0.2) is 0 Å². The number of nitrogens with one attached hydrogen (secondary N) is 1. The van der Waals surface area contributed by atoms with Crippen LogP contribution in [0, 0.1) is 11.3 Å². The zero-order valence-electron chi connectivity index (χ0n) is 18.2. The number of halogens is 3. The molecule has 0 aliphatic heterocycles. The molecule has 0 radical (unpaired) electrons. The molecule has 1 aromatic carbocycles. The van der Waals surface area contributed by atoms with Gasteiger partial charge < -0.3 is 9.84 Å². The van der Waals surface area contributed by atoms with Gasteiger partial charge in [-0.15, -0.1) is 0 Å². The monoisotopic (exact) mass is 446 g/mol. The van der Waals surface area contributed by atoms with E-state index in [4.69, 9.17) is 4.52 Å². The molecule has 4 rings (SSSR count). The molecule has 6 nitrogen and oxygen atoms in total. The molecular formula is C23H25F3N4O2. The molecule has 2 heterocycles. The molecule has 1 atom stereocenters. The number of benzene rings is 1. The van der Waals surface area contributed by atoms with Crippen molar-refractivity contribution in [3.63, 3.8) is 0 Å². The molecule has 32 heavy (non-hydrogen) atoms. The third-order valence-electron chi connectivity index (χ3n) is 5.97. The largest absolute Gasteiger partial charge is 0.416 e. The van der Waals surface area contributed by atoms with Gasteiger partial charge in [0.05, 0.1) is 24.0 Å². The second-order valence-corrected chi connectivity index (χ2v) is 9.32. The summed E-state index contributed by atoms with van der Waals surface area (Å²) in [6.45, 7) is 6.71. The van der Waals surface area contributed by atoms with Crippen LogP contribution < -0.4 is 5.32 Å². The van der Waals surface area contributed by atoms with Crippen molar-refractivity contribution in [1.29, 1.82) is 0 Å². The highest BCUT2D eigenvalue weighted by Crippen LogP contribution is 2.38. The number of carbonyl (C=O) groups excluding carboxylic acids is 1. The van der Waals surface area contributed by atoms with E-state index in [1.54, 1.807) is 12.3 Å². The van der Waals surface area contributed by atoms with Gasteiger partial charge in [0.25, 0.3) is 5.91 Å². The van der Waals surface area contributed by atoms with E-state index in [9.17, 15) is 18.0 Å². The minimum Gasteiger partial charge on any atom is -0.360 e. The Morgan fingerprint density at radius 2 is 2.06 bits per heavy atom. The van der Waals surface area contributed by atoms with E-state index in [1.807, 2.05) is 0 Å². The maximum absolute atomic E-state index is 12.9. The topological polar surface area (TPSA) is 73.0 Å². The highest BCUT2D eigenvalue weighted by molar-refractivity contribution is 6.03. The first-order valence-corrected chi connectivity index (χ1v) is 10.5. The van der Waals surface area contributed by atoms with Crippen LogP contribution in [0.15, 0.2) is 41.2 Å². The number of hydrogen-bond acceptors (Lipinski definition) is 4. The van der Waals surface area contributed by atoms with Gasteiger partial charge in [-0.1, -0.05) is 38.1 Å². The Hall–Kier alpha value is -3.10. The fourth-order valence-corrected chi connectivity index (χ4v) is 4.06. The molecule has 0 saturated carbocycles. The normalized spacial score (nSPS) is 16.6. The van der Waals surface area contributed by atoms with E-state index in [-0.39, 0.29) is 23.6 Å². The molecule has 1 N–H and O–H groups in total. The van der Waals surface area contributed by atoms with Crippen molar-refractivity contribution in [2.24, 2.45) is 11.3 Å². The minimum atomic E-state index is -4.40. The van der Waals surface area contributed by atoms with E-state index < -0.39 is 11.7 Å². The predicted molar refractivity (Wildman–Crippen MR) is 112 cm³/mol. The van der Waals surface area contributed by atoms with E-state index >= 15 is 0 Å². The van der Waals surface area contributed by atoms with Crippen LogP contribution in [-0.4, -0.2) is 20.8 Å². The average Bonchev–Trinajstić information content (AvgIpc) is 3.33. The van der Waals surface area contributed by atoms with Crippen molar-refractivity contribution in [2.45, 2.75) is 52.8 Å². The van der Waals surface area contributed by atoms with Gasteiger partial charge in [0.1, 0.15) is 5.76 Å². The average molecular weight is 446 g/mol. The van der Waals surface area contributed by atoms with E-state index in [2.05, 4.69) is 36.3 Å². The molecule has 0 spiro atoms. The highest BCUT2D eigenvalue weighted by atomic mass is 19.4. The summed E-state index contributed by atoms with van der Waals surface area (Å²) >= 11 is 0. The summed E-state index contributed by atoms with van der Waals surface area (Å²) in [6.07, 6.45) is 1.11. The number of alkyl halides is 3. The Morgan fingerprint density at radius 1 is 1.28 bits per heavy atom. The summed E-state index contributed by atoms with van der Waals surface area (Å²) in [4.78, 5) is 12.8. The molecule has 1 unspecified atom stereocenters. The molecule has 0 saturated heterocycles. The Bertz CT molecular complexity index is 1120. The number of anilines is 1. The molecule has 3 aromatic rings. The highest BCUT2D eigenvalue weighted by Gasteiger charge is 2.34. The van der Waals surface area contributed by atoms with Crippen LogP contribution in [0.2, 0.25) is 0 Å². The number of fused-ring (bicyclic) bond motifs is 1. The Balaban J connectivity index is 1.45. The molecule has 1 aliphatic carbocycles. The molecule has 1 amide bonds. The standard InChI is InChI=1S/C23H25F3N4O2/c1-22(2,3)15-7-8-19-18(10-15)20(29-32-19)21(31)28-17-11-27-30(13-17)12-14-5-4-6-16(9-14)23(24,25)26/h4-6,9,11,13,15H,7-8,10,12H2,1-3H3,(H,28,31). The lowest BCUT2D eigenvalue weighted by Gasteiger charge is -2.33. The summed E-state index contributed by atoms with van der Waals surface area (Å²) in [7, 11) is 0. The number of carbonyl (C=O) groups is 1. The zero-order chi connectivity index (χ0) is 23.1. The van der Waals surface area contributed by atoms with Gasteiger partial charge in [0, 0.05) is 18.2 Å². The minimum absolute atomic E-state index is 0.118. The molecule has 170 valence electrons. The Kier molecular flexibility index (Phi) is 5.60. The number of hydrogen-bond donors (Lipinski definition) is 1. The Morgan fingerprint density at radius 3 is 2.78 bits per heavy atom. The summed E-state index contributed by atoms with van der Waals surface area (Å²) in [5.41, 5.74) is 1.43. The van der Waals surface area contributed by atoms with Gasteiger partial charge in [-0.2, -0.15) is 18.3 Å². The molecular weight excluding hydrogens is 421 g/mol. The van der Waals surface area contributed by atoms with Gasteiger partial charge >= 0.3 is 6.18 Å². The number of aryl methyl sites for hydroxylation is 1. The maximum Gasteiger partial charge on any atom is 0.416 e. The summed E-state index contributed by atoms with van der Waals surface area (Å²) in [5.74, 6) is 0.801. The molecule has 0 bridgehead atoms.